The molecule has 0 saturated heterocycles. The van der Waals surface area contributed by atoms with Crippen LogP contribution < -0.4 is 5.32 Å². The maximum Gasteiger partial charge on any atom is 0.223 e. The quantitative estimate of drug-likeness (QED) is 0.753. The Morgan fingerprint density at radius 1 is 1.33 bits per heavy atom. The topological polar surface area (TPSA) is 32.3 Å². The number of carbonyl (C=O) groups excluding carboxylic acids is 1. The van der Waals surface area contributed by atoms with Crippen LogP contribution in [0.25, 0.3) is 0 Å². The molecule has 86 valence electrons. The van der Waals surface area contributed by atoms with E-state index >= 15 is 0 Å². The summed E-state index contributed by atoms with van der Waals surface area (Å²) in [6, 6.07) is 0.421. The Morgan fingerprint density at radius 3 is 2.47 bits per heavy atom. The molecule has 2 aliphatic rings. The fraction of sp³-hybridized carbons (Fsp3) is 0.917. The number of fused-ring (bicyclic) bond motifs is 1. The summed E-state index contributed by atoms with van der Waals surface area (Å²) >= 11 is 0. The summed E-state index contributed by atoms with van der Waals surface area (Å²) < 4.78 is 0. The van der Waals surface area contributed by atoms with E-state index in [0.29, 0.717) is 12.0 Å². The average Bonchev–Trinajstić information content (AvgIpc) is 2.81. The summed E-state index contributed by atoms with van der Waals surface area (Å²) in [5.74, 6) is 2.40. The highest BCUT2D eigenvalue weighted by molar-refractivity contribution is 5.79. The smallest absolute Gasteiger partial charge is 0.223 e. The summed E-state index contributed by atoms with van der Waals surface area (Å²) in [5, 5.41) is 3.07. The maximum atomic E-state index is 11.8. The second-order valence-electron chi connectivity index (χ2n) is 5.48. The highest BCUT2D eigenvalue weighted by atomic mass is 16.1. The molecular weight excluding hydrogens is 188 g/mol. The second kappa shape index (κ2) is 4.12. The number of likely N-dealkylation sites (N-methyl/N-ethyl adjacent to an activating group) is 1. The maximum absolute atomic E-state index is 11.8. The molecule has 0 aromatic carbocycles. The summed E-state index contributed by atoms with van der Waals surface area (Å²) in [4.78, 5) is 13.9. The van der Waals surface area contributed by atoms with Gasteiger partial charge in [-0.3, -0.25) is 4.79 Å². The lowest BCUT2D eigenvalue weighted by Gasteiger charge is -2.21. The van der Waals surface area contributed by atoms with Gasteiger partial charge in [0.25, 0.3) is 0 Å². The van der Waals surface area contributed by atoms with Crippen LogP contribution in [0.15, 0.2) is 0 Å². The van der Waals surface area contributed by atoms with Gasteiger partial charge in [0.2, 0.25) is 5.91 Å². The van der Waals surface area contributed by atoms with E-state index in [-0.39, 0.29) is 5.91 Å². The Hall–Kier alpha value is -0.570. The van der Waals surface area contributed by atoms with Crippen LogP contribution >= 0.6 is 0 Å². The molecule has 1 N–H and O–H groups in total. The molecular formula is C12H22N2O. The number of nitrogens with one attached hydrogen (secondary N) is 1. The normalized spacial score (nSPS) is 35.1. The molecule has 15 heavy (non-hydrogen) atoms. The Labute approximate surface area is 92.2 Å². The minimum absolute atomic E-state index is 0.288. The molecule has 3 heteroatoms. The zero-order valence-electron chi connectivity index (χ0n) is 9.99. The van der Waals surface area contributed by atoms with Gasteiger partial charge >= 0.3 is 0 Å². The van der Waals surface area contributed by atoms with Crippen molar-refractivity contribution in [3.05, 3.63) is 0 Å². The van der Waals surface area contributed by atoms with E-state index in [1.54, 1.807) is 0 Å². The SMILES string of the molecule is CC(CNC(=O)C1CC2CC2C1)N(C)C. The predicted octanol–water partition coefficient (Wildman–Crippen LogP) is 1.10. The molecule has 1 amide bonds. The number of nitrogens with zero attached hydrogens (tertiary/aromatic N) is 1. The van der Waals surface area contributed by atoms with Gasteiger partial charge in [-0.15, -0.1) is 0 Å². The van der Waals surface area contributed by atoms with E-state index < -0.39 is 0 Å². The first-order valence-electron chi connectivity index (χ1n) is 6.02. The Bertz CT molecular complexity index is 242. The van der Waals surface area contributed by atoms with Crippen LogP contribution in [0.3, 0.4) is 0 Å². The van der Waals surface area contributed by atoms with Crippen molar-refractivity contribution < 1.29 is 4.79 Å². The average molecular weight is 210 g/mol. The van der Waals surface area contributed by atoms with Crippen molar-refractivity contribution in [3.63, 3.8) is 0 Å². The van der Waals surface area contributed by atoms with Crippen LogP contribution in [-0.4, -0.2) is 37.5 Å². The Balaban J connectivity index is 1.68. The van der Waals surface area contributed by atoms with Gasteiger partial charge in [-0.1, -0.05) is 0 Å². The van der Waals surface area contributed by atoms with E-state index in [9.17, 15) is 4.79 Å². The van der Waals surface area contributed by atoms with Crippen LogP contribution in [0, 0.1) is 17.8 Å². The first-order valence-corrected chi connectivity index (χ1v) is 6.02. The van der Waals surface area contributed by atoms with Crippen LogP contribution in [0.1, 0.15) is 26.2 Å². The lowest BCUT2D eigenvalue weighted by molar-refractivity contribution is -0.125. The van der Waals surface area contributed by atoms with Crippen molar-refractivity contribution in [1.29, 1.82) is 0 Å². The van der Waals surface area contributed by atoms with E-state index in [4.69, 9.17) is 0 Å². The molecule has 3 nitrogen and oxygen atoms in total. The molecule has 0 aromatic rings. The third-order valence-electron chi connectivity index (χ3n) is 4.07. The van der Waals surface area contributed by atoms with E-state index in [1.807, 2.05) is 14.1 Å². The lowest BCUT2D eigenvalue weighted by Crippen LogP contribution is -2.40. The van der Waals surface area contributed by atoms with E-state index in [2.05, 4.69) is 17.1 Å². The first-order chi connectivity index (χ1) is 7.08. The second-order valence-corrected chi connectivity index (χ2v) is 5.48. The molecule has 0 aliphatic heterocycles. The number of hydrogen-bond acceptors (Lipinski definition) is 2. The van der Waals surface area contributed by atoms with E-state index in [1.165, 1.54) is 6.42 Å². The number of rotatable bonds is 4. The molecule has 2 rings (SSSR count). The molecule has 2 aliphatic carbocycles. The minimum atomic E-state index is 0.288. The molecule has 0 spiro atoms. The molecule has 0 radical (unpaired) electrons. The van der Waals surface area contributed by atoms with Gasteiger partial charge in [-0.25, -0.2) is 0 Å². The van der Waals surface area contributed by atoms with Gasteiger partial charge in [-0.2, -0.15) is 0 Å². The lowest BCUT2D eigenvalue weighted by atomic mass is 10.0. The van der Waals surface area contributed by atoms with Crippen LogP contribution in [-0.2, 0) is 4.79 Å². The largest absolute Gasteiger partial charge is 0.354 e. The highest BCUT2D eigenvalue weighted by Gasteiger charge is 2.47. The molecule has 0 bridgehead atoms. The number of amides is 1. The van der Waals surface area contributed by atoms with Gasteiger partial charge in [0.15, 0.2) is 0 Å². The monoisotopic (exact) mass is 210 g/mol. The van der Waals surface area contributed by atoms with Crippen molar-refractivity contribution in [2.24, 2.45) is 17.8 Å². The third kappa shape index (κ3) is 2.51. The van der Waals surface area contributed by atoms with Gasteiger partial charge in [0.1, 0.15) is 0 Å². The number of carbonyl (C=O) groups is 1. The number of hydrogen-bond donors (Lipinski definition) is 1. The van der Waals surface area contributed by atoms with Crippen LogP contribution in [0.2, 0.25) is 0 Å². The van der Waals surface area contributed by atoms with Gasteiger partial charge in [0.05, 0.1) is 0 Å². The molecule has 2 saturated carbocycles. The van der Waals surface area contributed by atoms with Crippen molar-refractivity contribution >= 4 is 5.91 Å². The van der Waals surface area contributed by atoms with Crippen molar-refractivity contribution in [2.45, 2.75) is 32.2 Å². The molecule has 0 aromatic heterocycles. The summed E-state index contributed by atoms with van der Waals surface area (Å²) in [6.45, 7) is 2.91. The van der Waals surface area contributed by atoms with E-state index in [0.717, 1.165) is 31.2 Å². The predicted molar refractivity (Wildman–Crippen MR) is 60.5 cm³/mol. The van der Waals surface area contributed by atoms with Crippen LogP contribution in [0.4, 0.5) is 0 Å². The zero-order valence-corrected chi connectivity index (χ0v) is 9.99. The highest BCUT2D eigenvalue weighted by Crippen LogP contribution is 2.54. The van der Waals surface area contributed by atoms with Crippen molar-refractivity contribution in [1.82, 2.24) is 10.2 Å². The third-order valence-corrected chi connectivity index (χ3v) is 4.07. The molecule has 2 fully saturated rings. The fourth-order valence-corrected chi connectivity index (χ4v) is 2.50. The van der Waals surface area contributed by atoms with Crippen molar-refractivity contribution in [3.8, 4) is 0 Å². The van der Waals surface area contributed by atoms with Gasteiger partial charge < -0.3 is 10.2 Å². The zero-order chi connectivity index (χ0) is 11.0. The minimum Gasteiger partial charge on any atom is -0.354 e. The first kappa shape index (κ1) is 10.9. The van der Waals surface area contributed by atoms with Gasteiger partial charge in [0, 0.05) is 18.5 Å². The molecule has 3 unspecified atom stereocenters. The molecule has 3 atom stereocenters. The van der Waals surface area contributed by atoms with Crippen LogP contribution in [0.5, 0.6) is 0 Å². The Morgan fingerprint density at radius 2 is 1.93 bits per heavy atom. The molecule has 0 heterocycles. The fourth-order valence-electron chi connectivity index (χ4n) is 2.50. The Kier molecular flexibility index (Phi) is 3.01. The van der Waals surface area contributed by atoms with Gasteiger partial charge in [-0.05, 0) is 52.1 Å². The standard InChI is InChI=1S/C12H22N2O/c1-8(14(2)3)7-13-12(15)11-5-9-4-10(9)6-11/h8-11H,4-7H2,1-3H3,(H,13,15). The summed E-state index contributed by atoms with van der Waals surface area (Å²) in [7, 11) is 4.09. The summed E-state index contributed by atoms with van der Waals surface area (Å²) in [5.41, 5.74) is 0. The van der Waals surface area contributed by atoms with Crippen molar-refractivity contribution in [2.75, 3.05) is 20.6 Å². The summed E-state index contributed by atoms with van der Waals surface area (Å²) in [6.07, 6.45) is 3.68.